The van der Waals surface area contributed by atoms with Gasteiger partial charge in [0.1, 0.15) is 13.2 Å². The molecule has 0 saturated heterocycles. The van der Waals surface area contributed by atoms with Crippen LogP contribution in [0.1, 0.15) is 5.56 Å². The summed E-state index contributed by atoms with van der Waals surface area (Å²) in [5.41, 5.74) is 0.415. The lowest BCUT2D eigenvalue weighted by atomic mass is 10.1. The van der Waals surface area contributed by atoms with Crippen LogP contribution in [-0.4, -0.2) is 18.1 Å². The first-order valence-electron chi connectivity index (χ1n) is 4.43. The molecular formula is C10H9NO4. The third kappa shape index (κ3) is 1.63. The van der Waals surface area contributed by atoms with E-state index in [0.717, 1.165) is 0 Å². The fourth-order valence-corrected chi connectivity index (χ4v) is 1.42. The summed E-state index contributed by atoms with van der Waals surface area (Å²) < 4.78 is 10.6. The third-order valence-corrected chi connectivity index (χ3v) is 2.11. The van der Waals surface area contributed by atoms with Gasteiger partial charge in [0, 0.05) is 0 Å². The van der Waals surface area contributed by atoms with Crippen LogP contribution < -0.4 is 9.47 Å². The summed E-state index contributed by atoms with van der Waals surface area (Å²) in [6.45, 7) is 4.40. The Kier molecular flexibility index (Phi) is 2.29. The van der Waals surface area contributed by atoms with Gasteiger partial charge in [-0.3, -0.25) is 10.1 Å². The van der Waals surface area contributed by atoms with Crippen LogP contribution in [0.5, 0.6) is 11.5 Å². The molecule has 0 N–H and O–H groups in total. The first-order valence-corrected chi connectivity index (χ1v) is 4.43. The van der Waals surface area contributed by atoms with Gasteiger partial charge < -0.3 is 9.47 Å². The van der Waals surface area contributed by atoms with Crippen LogP contribution in [0.3, 0.4) is 0 Å². The molecule has 78 valence electrons. The zero-order valence-corrected chi connectivity index (χ0v) is 7.93. The largest absolute Gasteiger partial charge is 0.486 e. The van der Waals surface area contributed by atoms with Crippen molar-refractivity contribution >= 4 is 11.8 Å². The van der Waals surface area contributed by atoms with Crippen LogP contribution in [0, 0.1) is 10.1 Å². The molecule has 2 rings (SSSR count). The molecule has 0 spiro atoms. The molecule has 0 saturated carbocycles. The molecule has 0 aliphatic carbocycles. The fraction of sp³-hybridized carbons (Fsp3) is 0.200. The predicted octanol–water partition coefficient (Wildman–Crippen LogP) is 2.01. The van der Waals surface area contributed by atoms with Crippen molar-refractivity contribution in [2.75, 3.05) is 13.2 Å². The lowest BCUT2D eigenvalue weighted by molar-refractivity contribution is -0.385. The second kappa shape index (κ2) is 3.61. The molecule has 0 atom stereocenters. The Morgan fingerprint density at radius 3 is 2.47 bits per heavy atom. The number of rotatable bonds is 2. The van der Waals surface area contributed by atoms with Crippen molar-refractivity contribution in [2.24, 2.45) is 0 Å². The first-order chi connectivity index (χ1) is 7.22. The van der Waals surface area contributed by atoms with Gasteiger partial charge in [-0.15, -0.1) is 0 Å². The first kappa shape index (κ1) is 9.51. The SMILES string of the molecule is C=Cc1cc2c(cc1[N+](=O)[O-])OCCO2. The molecule has 1 heterocycles. The predicted molar refractivity (Wildman–Crippen MR) is 54.2 cm³/mol. The van der Waals surface area contributed by atoms with Crippen LogP contribution in [0.2, 0.25) is 0 Å². The van der Waals surface area contributed by atoms with Gasteiger partial charge in [-0.25, -0.2) is 0 Å². The molecule has 0 aromatic heterocycles. The molecule has 0 amide bonds. The van der Waals surface area contributed by atoms with Crippen molar-refractivity contribution in [1.82, 2.24) is 0 Å². The van der Waals surface area contributed by atoms with E-state index >= 15 is 0 Å². The van der Waals surface area contributed by atoms with Gasteiger partial charge in [-0.05, 0) is 6.07 Å². The number of benzene rings is 1. The van der Waals surface area contributed by atoms with Gasteiger partial charge in [0.15, 0.2) is 11.5 Å². The van der Waals surface area contributed by atoms with Gasteiger partial charge in [0.25, 0.3) is 5.69 Å². The maximum atomic E-state index is 10.7. The van der Waals surface area contributed by atoms with Crippen molar-refractivity contribution in [1.29, 1.82) is 0 Å². The monoisotopic (exact) mass is 207 g/mol. The van der Waals surface area contributed by atoms with Crippen LogP contribution in [0.15, 0.2) is 18.7 Å². The van der Waals surface area contributed by atoms with Crippen molar-refractivity contribution in [2.45, 2.75) is 0 Å². The van der Waals surface area contributed by atoms with Crippen molar-refractivity contribution in [3.8, 4) is 11.5 Å². The number of hydrogen-bond donors (Lipinski definition) is 0. The second-order valence-corrected chi connectivity index (χ2v) is 3.02. The molecule has 1 aliphatic rings. The highest BCUT2D eigenvalue weighted by molar-refractivity contribution is 5.65. The molecular weight excluding hydrogens is 198 g/mol. The van der Waals surface area contributed by atoms with Crippen molar-refractivity contribution < 1.29 is 14.4 Å². The standard InChI is InChI=1S/C10H9NO4/c1-2-7-5-9-10(15-4-3-14-9)6-8(7)11(12)13/h2,5-6H,1,3-4H2. The quantitative estimate of drug-likeness (QED) is 0.549. The summed E-state index contributed by atoms with van der Waals surface area (Å²) in [7, 11) is 0. The normalized spacial score (nSPS) is 13.3. The topological polar surface area (TPSA) is 61.6 Å². The molecule has 1 aliphatic heterocycles. The Hall–Kier alpha value is -2.04. The van der Waals surface area contributed by atoms with Crippen molar-refractivity contribution in [3.63, 3.8) is 0 Å². The van der Waals surface area contributed by atoms with E-state index < -0.39 is 4.92 Å². The Labute approximate surface area is 86.1 Å². The molecule has 5 nitrogen and oxygen atoms in total. The Balaban J connectivity index is 2.56. The third-order valence-electron chi connectivity index (χ3n) is 2.11. The van der Waals surface area contributed by atoms with E-state index in [9.17, 15) is 10.1 Å². The van der Waals surface area contributed by atoms with Crippen LogP contribution in [0.25, 0.3) is 6.08 Å². The zero-order chi connectivity index (χ0) is 10.8. The van der Waals surface area contributed by atoms with E-state index in [1.54, 1.807) is 6.07 Å². The van der Waals surface area contributed by atoms with Gasteiger partial charge in [0.05, 0.1) is 16.6 Å². The van der Waals surface area contributed by atoms with Crippen LogP contribution in [-0.2, 0) is 0 Å². The molecule has 15 heavy (non-hydrogen) atoms. The minimum absolute atomic E-state index is 0.0192. The summed E-state index contributed by atoms with van der Waals surface area (Å²) in [6, 6.07) is 2.94. The van der Waals surface area contributed by atoms with E-state index in [1.807, 2.05) is 0 Å². The van der Waals surface area contributed by atoms with Crippen LogP contribution >= 0.6 is 0 Å². The molecule has 0 fully saturated rings. The summed E-state index contributed by atoms with van der Waals surface area (Å²) in [5.74, 6) is 0.945. The van der Waals surface area contributed by atoms with Gasteiger partial charge in [-0.2, -0.15) is 0 Å². The van der Waals surface area contributed by atoms with Crippen LogP contribution in [0.4, 0.5) is 5.69 Å². The van der Waals surface area contributed by atoms with E-state index in [2.05, 4.69) is 6.58 Å². The minimum Gasteiger partial charge on any atom is -0.486 e. The number of fused-ring (bicyclic) bond motifs is 1. The highest BCUT2D eigenvalue weighted by Gasteiger charge is 2.20. The Morgan fingerprint density at radius 1 is 1.33 bits per heavy atom. The van der Waals surface area contributed by atoms with E-state index in [-0.39, 0.29) is 5.69 Å². The number of ether oxygens (including phenoxy) is 2. The molecule has 0 radical (unpaired) electrons. The molecule has 0 bridgehead atoms. The number of nitro groups is 1. The Morgan fingerprint density at radius 2 is 1.93 bits per heavy atom. The summed E-state index contributed by atoms with van der Waals surface area (Å²) in [6.07, 6.45) is 1.43. The number of nitro benzene ring substituents is 1. The van der Waals surface area contributed by atoms with Crippen molar-refractivity contribution in [3.05, 3.63) is 34.4 Å². The second-order valence-electron chi connectivity index (χ2n) is 3.02. The minimum atomic E-state index is -0.463. The summed E-state index contributed by atoms with van der Waals surface area (Å²) in [5, 5.41) is 10.7. The zero-order valence-electron chi connectivity index (χ0n) is 7.93. The summed E-state index contributed by atoms with van der Waals surface area (Å²) in [4.78, 5) is 10.3. The highest BCUT2D eigenvalue weighted by atomic mass is 16.6. The molecule has 5 heteroatoms. The van der Waals surface area contributed by atoms with E-state index in [1.165, 1.54) is 12.1 Å². The number of hydrogen-bond acceptors (Lipinski definition) is 4. The fourth-order valence-electron chi connectivity index (χ4n) is 1.42. The maximum Gasteiger partial charge on any atom is 0.280 e. The summed E-state index contributed by atoms with van der Waals surface area (Å²) >= 11 is 0. The Bertz CT molecular complexity index is 428. The average molecular weight is 207 g/mol. The molecule has 1 aromatic carbocycles. The highest BCUT2D eigenvalue weighted by Crippen LogP contribution is 2.36. The van der Waals surface area contributed by atoms with E-state index in [0.29, 0.717) is 30.3 Å². The van der Waals surface area contributed by atoms with Gasteiger partial charge in [0.2, 0.25) is 0 Å². The number of nitrogens with zero attached hydrogens (tertiary/aromatic N) is 1. The lowest BCUT2D eigenvalue weighted by Crippen LogP contribution is -2.15. The lowest BCUT2D eigenvalue weighted by Gasteiger charge is -2.18. The maximum absolute atomic E-state index is 10.7. The van der Waals surface area contributed by atoms with E-state index in [4.69, 9.17) is 9.47 Å². The van der Waals surface area contributed by atoms with Gasteiger partial charge >= 0.3 is 0 Å². The average Bonchev–Trinajstić information content (AvgIpc) is 2.27. The molecule has 1 aromatic rings. The smallest absolute Gasteiger partial charge is 0.280 e. The molecule has 0 unspecified atom stereocenters. The van der Waals surface area contributed by atoms with Gasteiger partial charge in [-0.1, -0.05) is 12.7 Å².